The lowest BCUT2D eigenvalue weighted by Crippen LogP contribution is -2.21. The molecule has 1 aromatic rings. The lowest BCUT2D eigenvalue weighted by molar-refractivity contribution is 0.346. The summed E-state index contributed by atoms with van der Waals surface area (Å²) in [7, 11) is 0. The topological polar surface area (TPSA) is 0 Å². The van der Waals surface area contributed by atoms with Gasteiger partial charge in [0.25, 0.3) is 0 Å². The molecule has 1 aliphatic rings. The standard InChI is InChI=1S/C13H16BrI/c14-10-13(7-1-2-8-13)9-11-3-5-12(15)6-4-11/h3-6H,1-2,7-10H2. The first-order valence-electron chi connectivity index (χ1n) is 5.55. The molecule has 1 aliphatic carbocycles. The normalized spacial score (nSPS) is 19.3. The highest BCUT2D eigenvalue weighted by molar-refractivity contribution is 14.1. The van der Waals surface area contributed by atoms with E-state index < -0.39 is 0 Å². The molecule has 2 rings (SSSR count). The van der Waals surface area contributed by atoms with Crippen LogP contribution in [-0.4, -0.2) is 5.33 Å². The van der Waals surface area contributed by atoms with Gasteiger partial charge >= 0.3 is 0 Å². The van der Waals surface area contributed by atoms with E-state index in [2.05, 4.69) is 62.8 Å². The molecule has 0 aromatic heterocycles. The van der Waals surface area contributed by atoms with Gasteiger partial charge in [-0.15, -0.1) is 0 Å². The number of rotatable bonds is 3. The van der Waals surface area contributed by atoms with Crippen LogP contribution >= 0.6 is 38.5 Å². The Hall–Kier alpha value is 0.430. The Morgan fingerprint density at radius 1 is 1.13 bits per heavy atom. The van der Waals surface area contributed by atoms with Gasteiger partial charge in [0.15, 0.2) is 0 Å². The van der Waals surface area contributed by atoms with E-state index >= 15 is 0 Å². The van der Waals surface area contributed by atoms with Crippen LogP contribution in [0.15, 0.2) is 24.3 Å². The highest BCUT2D eigenvalue weighted by Gasteiger charge is 2.32. The summed E-state index contributed by atoms with van der Waals surface area (Å²) in [5.74, 6) is 0. The van der Waals surface area contributed by atoms with E-state index in [1.807, 2.05) is 0 Å². The van der Waals surface area contributed by atoms with Crippen molar-refractivity contribution in [2.24, 2.45) is 5.41 Å². The van der Waals surface area contributed by atoms with Crippen molar-refractivity contribution in [2.45, 2.75) is 32.1 Å². The van der Waals surface area contributed by atoms with E-state index in [0.717, 1.165) is 5.33 Å². The molecular formula is C13H16BrI. The lowest BCUT2D eigenvalue weighted by atomic mass is 9.82. The molecule has 0 bridgehead atoms. The molecular weight excluding hydrogens is 363 g/mol. The minimum atomic E-state index is 0.548. The van der Waals surface area contributed by atoms with Crippen molar-refractivity contribution in [2.75, 3.05) is 5.33 Å². The Kier molecular flexibility index (Phi) is 4.10. The Balaban J connectivity index is 2.09. The first kappa shape index (κ1) is 11.9. The van der Waals surface area contributed by atoms with Gasteiger partial charge in [-0.2, -0.15) is 0 Å². The molecule has 0 saturated heterocycles. The highest BCUT2D eigenvalue weighted by Crippen LogP contribution is 2.42. The van der Waals surface area contributed by atoms with Crippen molar-refractivity contribution in [3.63, 3.8) is 0 Å². The minimum absolute atomic E-state index is 0.548. The molecule has 0 radical (unpaired) electrons. The van der Waals surface area contributed by atoms with E-state index in [-0.39, 0.29) is 0 Å². The number of hydrogen-bond donors (Lipinski definition) is 0. The summed E-state index contributed by atoms with van der Waals surface area (Å²) in [6.07, 6.45) is 6.86. The van der Waals surface area contributed by atoms with Gasteiger partial charge < -0.3 is 0 Å². The Morgan fingerprint density at radius 3 is 2.27 bits per heavy atom. The van der Waals surface area contributed by atoms with Crippen LogP contribution in [0.5, 0.6) is 0 Å². The van der Waals surface area contributed by atoms with Crippen LogP contribution in [0, 0.1) is 8.99 Å². The molecule has 2 heteroatoms. The fourth-order valence-corrected chi connectivity index (χ4v) is 3.64. The summed E-state index contributed by atoms with van der Waals surface area (Å²) in [4.78, 5) is 0. The zero-order valence-electron chi connectivity index (χ0n) is 8.81. The number of hydrogen-bond acceptors (Lipinski definition) is 0. The third kappa shape index (κ3) is 2.96. The molecule has 1 saturated carbocycles. The second-order valence-corrected chi connectivity index (χ2v) is 6.45. The molecule has 15 heavy (non-hydrogen) atoms. The number of benzene rings is 1. The van der Waals surface area contributed by atoms with Crippen LogP contribution in [0.1, 0.15) is 31.2 Å². The fraction of sp³-hybridized carbons (Fsp3) is 0.538. The summed E-state index contributed by atoms with van der Waals surface area (Å²) in [6.45, 7) is 0. The van der Waals surface area contributed by atoms with E-state index in [9.17, 15) is 0 Å². The first-order valence-corrected chi connectivity index (χ1v) is 7.75. The van der Waals surface area contributed by atoms with Gasteiger partial charge in [0.05, 0.1) is 0 Å². The fourth-order valence-electron chi connectivity index (χ4n) is 2.52. The van der Waals surface area contributed by atoms with Gasteiger partial charge in [0.2, 0.25) is 0 Å². The van der Waals surface area contributed by atoms with E-state index in [0.29, 0.717) is 5.41 Å². The largest absolute Gasteiger partial charge is 0.0922 e. The average molecular weight is 379 g/mol. The monoisotopic (exact) mass is 378 g/mol. The van der Waals surface area contributed by atoms with Crippen LogP contribution in [-0.2, 0) is 6.42 Å². The van der Waals surface area contributed by atoms with E-state index in [4.69, 9.17) is 0 Å². The van der Waals surface area contributed by atoms with Crippen LogP contribution in [0.3, 0.4) is 0 Å². The van der Waals surface area contributed by atoms with Gasteiger partial charge in [-0.25, -0.2) is 0 Å². The molecule has 82 valence electrons. The molecule has 0 heterocycles. The van der Waals surface area contributed by atoms with Gasteiger partial charge in [-0.05, 0) is 65.0 Å². The van der Waals surface area contributed by atoms with Gasteiger partial charge in [-0.3, -0.25) is 0 Å². The maximum Gasteiger partial charge on any atom is 0.0130 e. The molecule has 0 aliphatic heterocycles. The summed E-state index contributed by atoms with van der Waals surface area (Å²) >= 11 is 6.07. The van der Waals surface area contributed by atoms with E-state index in [1.165, 1.54) is 41.2 Å². The molecule has 1 aromatic carbocycles. The van der Waals surface area contributed by atoms with Crippen LogP contribution in [0.2, 0.25) is 0 Å². The maximum absolute atomic E-state index is 3.70. The zero-order valence-corrected chi connectivity index (χ0v) is 12.6. The van der Waals surface area contributed by atoms with Gasteiger partial charge in [0.1, 0.15) is 0 Å². The third-order valence-corrected chi connectivity index (χ3v) is 5.35. The third-order valence-electron chi connectivity index (χ3n) is 3.44. The molecule has 0 atom stereocenters. The molecule has 0 unspecified atom stereocenters. The van der Waals surface area contributed by atoms with Crippen LogP contribution in [0.4, 0.5) is 0 Å². The quantitative estimate of drug-likeness (QED) is 0.524. The Morgan fingerprint density at radius 2 is 1.73 bits per heavy atom. The van der Waals surface area contributed by atoms with Gasteiger partial charge in [0, 0.05) is 8.90 Å². The van der Waals surface area contributed by atoms with Crippen LogP contribution < -0.4 is 0 Å². The summed E-state index contributed by atoms with van der Waals surface area (Å²) in [5.41, 5.74) is 2.05. The van der Waals surface area contributed by atoms with Crippen molar-refractivity contribution < 1.29 is 0 Å². The molecule has 0 N–H and O–H groups in total. The van der Waals surface area contributed by atoms with Crippen LogP contribution in [0.25, 0.3) is 0 Å². The Labute approximate surface area is 114 Å². The SMILES string of the molecule is BrCC1(Cc2ccc(I)cc2)CCCC1. The smallest absolute Gasteiger partial charge is 0.0130 e. The molecule has 0 nitrogen and oxygen atoms in total. The first-order chi connectivity index (χ1) is 7.24. The van der Waals surface area contributed by atoms with Crippen molar-refractivity contribution in [3.8, 4) is 0 Å². The molecule has 1 fully saturated rings. The predicted octanol–water partition coefficient (Wildman–Crippen LogP) is 4.79. The summed E-state index contributed by atoms with van der Waals surface area (Å²) in [5, 5.41) is 1.16. The summed E-state index contributed by atoms with van der Waals surface area (Å²) in [6, 6.07) is 8.99. The maximum atomic E-state index is 3.70. The van der Waals surface area contributed by atoms with Crippen molar-refractivity contribution in [3.05, 3.63) is 33.4 Å². The van der Waals surface area contributed by atoms with E-state index in [1.54, 1.807) is 0 Å². The van der Waals surface area contributed by atoms with Gasteiger partial charge in [-0.1, -0.05) is 40.9 Å². The molecule has 0 amide bonds. The zero-order chi connectivity index (χ0) is 10.7. The average Bonchev–Trinajstić information content (AvgIpc) is 2.71. The van der Waals surface area contributed by atoms with Crippen molar-refractivity contribution >= 4 is 38.5 Å². The molecule has 0 spiro atoms. The lowest BCUT2D eigenvalue weighted by Gasteiger charge is -2.26. The summed E-state index contributed by atoms with van der Waals surface area (Å²) < 4.78 is 1.33. The highest BCUT2D eigenvalue weighted by atomic mass is 127. The van der Waals surface area contributed by atoms with Crippen molar-refractivity contribution in [1.29, 1.82) is 0 Å². The minimum Gasteiger partial charge on any atom is -0.0922 e. The van der Waals surface area contributed by atoms with Crippen molar-refractivity contribution in [1.82, 2.24) is 0 Å². The number of halogens is 2. The predicted molar refractivity (Wildman–Crippen MR) is 77.6 cm³/mol. The second kappa shape index (κ2) is 5.17. The number of alkyl halides is 1. The second-order valence-electron chi connectivity index (χ2n) is 4.64. The Bertz CT molecular complexity index is 312.